The zero-order valence-corrected chi connectivity index (χ0v) is 17.4. The molecule has 0 radical (unpaired) electrons. The standard InChI is InChI=1S/C26H22N4O2/c31-15-14-29-17-25(30(18-32)24-16-20-10-4-6-12-22(20)27-24)28-26(19-8-2-1-3-9-19)21-11-5-7-13-23(21)29/h1-13,15-16,18,25,27H,14,17H2. The quantitative estimate of drug-likeness (QED) is 0.477. The molecule has 6 nitrogen and oxygen atoms in total. The van der Waals surface area contributed by atoms with Crippen LogP contribution in [0, 0.1) is 0 Å². The van der Waals surface area contributed by atoms with Crippen LogP contribution in [0.25, 0.3) is 10.9 Å². The van der Waals surface area contributed by atoms with Gasteiger partial charge in [-0.05, 0) is 18.2 Å². The topological polar surface area (TPSA) is 68.8 Å². The van der Waals surface area contributed by atoms with Crippen LogP contribution in [0.4, 0.5) is 11.5 Å². The van der Waals surface area contributed by atoms with E-state index in [1.54, 1.807) is 4.90 Å². The summed E-state index contributed by atoms with van der Waals surface area (Å²) in [5.74, 6) is 0.666. The van der Waals surface area contributed by atoms with Crippen molar-refractivity contribution in [2.24, 2.45) is 4.99 Å². The lowest BCUT2D eigenvalue weighted by Crippen LogP contribution is -2.43. The van der Waals surface area contributed by atoms with Crippen LogP contribution in [0.1, 0.15) is 11.1 Å². The van der Waals surface area contributed by atoms with Gasteiger partial charge >= 0.3 is 0 Å². The zero-order valence-electron chi connectivity index (χ0n) is 17.4. The molecular formula is C26H22N4O2. The molecule has 4 aromatic rings. The lowest BCUT2D eigenvalue weighted by Gasteiger charge is -2.29. The van der Waals surface area contributed by atoms with E-state index in [-0.39, 0.29) is 6.54 Å². The number of fused-ring (bicyclic) bond motifs is 2. The SMILES string of the molecule is O=CCN1CC(N(C=O)c2cc3ccccc3[nH]2)N=C(c2ccccc2)c2ccccc21. The number of nitrogens with one attached hydrogen (secondary N) is 1. The first-order chi connectivity index (χ1) is 15.8. The van der Waals surface area contributed by atoms with E-state index in [1.807, 2.05) is 89.8 Å². The molecule has 3 aromatic carbocycles. The van der Waals surface area contributed by atoms with Crippen molar-refractivity contribution < 1.29 is 9.59 Å². The molecule has 2 heterocycles. The number of para-hydroxylation sites is 2. The van der Waals surface area contributed by atoms with Gasteiger partial charge in [-0.3, -0.25) is 14.7 Å². The Morgan fingerprint density at radius 2 is 1.72 bits per heavy atom. The Bertz CT molecular complexity index is 1260. The maximum absolute atomic E-state index is 12.3. The number of aromatic amines is 1. The molecule has 5 rings (SSSR count). The molecule has 1 aromatic heterocycles. The summed E-state index contributed by atoms with van der Waals surface area (Å²) in [5, 5.41) is 1.02. The number of benzodiazepines with no additional fused rings is 1. The average Bonchev–Trinajstić information content (AvgIpc) is 3.19. The minimum Gasteiger partial charge on any atom is -0.360 e. The van der Waals surface area contributed by atoms with E-state index in [0.29, 0.717) is 12.4 Å². The number of rotatable bonds is 6. The summed E-state index contributed by atoms with van der Waals surface area (Å²) >= 11 is 0. The van der Waals surface area contributed by atoms with Crippen molar-refractivity contribution in [1.82, 2.24) is 4.98 Å². The molecule has 1 amide bonds. The number of benzene rings is 3. The van der Waals surface area contributed by atoms with Crippen LogP contribution < -0.4 is 9.80 Å². The number of H-pyrrole nitrogens is 1. The van der Waals surface area contributed by atoms with E-state index in [4.69, 9.17) is 4.99 Å². The molecule has 1 unspecified atom stereocenters. The molecule has 6 heteroatoms. The Morgan fingerprint density at radius 1 is 0.969 bits per heavy atom. The Balaban J connectivity index is 1.66. The van der Waals surface area contributed by atoms with Crippen LogP contribution in [0.15, 0.2) is 89.9 Å². The van der Waals surface area contributed by atoms with Crippen LogP contribution in [-0.4, -0.2) is 42.6 Å². The molecule has 0 saturated carbocycles. The molecule has 1 atom stereocenters. The van der Waals surface area contributed by atoms with Crippen molar-refractivity contribution in [2.45, 2.75) is 6.17 Å². The Hall–Kier alpha value is -4.19. The highest BCUT2D eigenvalue weighted by Crippen LogP contribution is 2.30. The molecule has 0 spiro atoms. The van der Waals surface area contributed by atoms with Crippen molar-refractivity contribution in [1.29, 1.82) is 0 Å². The van der Waals surface area contributed by atoms with Gasteiger partial charge in [0.2, 0.25) is 6.41 Å². The maximum atomic E-state index is 12.3. The molecule has 0 fully saturated rings. The van der Waals surface area contributed by atoms with Crippen molar-refractivity contribution in [3.05, 3.63) is 96.1 Å². The van der Waals surface area contributed by atoms with Gasteiger partial charge in [0.05, 0.1) is 18.8 Å². The predicted molar refractivity (Wildman–Crippen MR) is 127 cm³/mol. The van der Waals surface area contributed by atoms with Gasteiger partial charge in [0.1, 0.15) is 18.3 Å². The number of carbonyl (C=O) groups is 2. The smallest absolute Gasteiger partial charge is 0.217 e. The molecular weight excluding hydrogens is 400 g/mol. The monoisotopic (exact) mass is 422 g/mol. The third-order valence-electron chi connectivity index (χ3n) is 5.73. The van der Waals surface area contributed by atoms with Crippen molar-refractivity contribution >= 4 is 40.8 Å². The largest absolute Gasteiger partial charge is 0.360 e. The fourth-order valence-corrected chi connectivity index (χ4v) is 4.23. The second-order valence-corrected chi connectivity index (χ2v) is 7.67. The third kappa shape index (κ3) is 3.56. The molecule has 0 bridgehead atoms. The normalized spacial score (nSPS) is 15.6. The van der Waals surface area contributed by atoms with Gasteiger partial charge in [-0.25, -0.2) is 0 Å². The number of hydrogen-bond acceptors (Lipinski definition) is 4. The highest BCUT2D eigenvalue weighted by atomic mass is 16.1. The average molecular weight is 422 g/mol. The number of anilines is 2. The van der Waals surface area contributed by atoms with Crippen molar-refractivity contribution in [2.75, 3.05) is 22.9 Å². The van der Waals surface area contributed by atoms with Gasteiger partial charge in [0.25, 0.3) is 0 Å². The lowest BCUT2D eigenvalue weighted by atomic mass is 10.0. The highest BCUT2D eigenvalue weighted by Gasteiger charge is 2.29. The minimum absolute atomic E-state index is 0.213. The summed E-state index contributed by atoms with van der Waals surface area (Å²) in [4.78, 5) is 35.8. The van der Waals surface area contributed by atoms with E-state index < -0.39 is 6.17 Å². The number of aldehydes is 1. The number of carbonyl (C=O) groups excluding carboxylic acids is 2. The number of aromatic nitrogens is 1. The van der Waals surface area contributed by atoms with Crippen LogP contribution >= 0.6 is 0 Å². The minimum atomic E-state index is -0.525. The Labute approximate surface area is 185 Å². The van der Waals surface area contributed by atoms with Crippen LogP contribution in [0.2, 0.25) is 0 Å². The predicted octanol–water partition coefficient (Wildman–Crippen LogP) is 4.01. The summed E-state index contributed by atoms with van der Waals surface area (Å²) in [6.07, 6.45) is 1.16. The first-order valence-corrected chi connectivity index (χ1v) is 10.5. The van der Waals surface area contributed by atoms with Gasteiger partial charge in [0, 0.05) is 27.7 Å². The molecule has 1 aliphatic heterocycles. The maximum Gasteiger partial charge on any atom is 0.217 e. The van der Waals surface area contributed by atoms with Gasteiger partial charge in [-0.15, -0.1) is 0 Å². The number of amides is 1. The number of hydrogen-bond donors (Lipinski definition) is 1. The molecule has 32 heavy (non-hydrogen) atoms. The summed E-state index contributed by atoms with van der Waals surface area (Å²) < 4.78 is 0. The molecule has 1 N–H and O–H groups in total. The molecule has 0 saturated heterocycles. The van der Waals surface area contributed by atoms with Gasteiger partial charge in [-0.2, -0.15) is 0 Å². The van der Waals surface area contributed by atoms with Gasteiger partial charge < -0.3 is 14.7 Å². The second kappa shape index (κ2) is 8.51. The van der Waals surface area contributed by atoms with Crippen LogP contribution in [-0.2, 0) is 9.59 Å². The second-order valence-electron chi connectivity index (χ2n) is 7.67. The van der Waals surface area contributed by atoms with E-state index in [0.717, 1.165) is 46.1 Å². The summed E-state index contributed by atoms with van der Waals surface area (Å²) in [5.41, 5.74) is 4.56. The van der Waals surface area contributed by atoms with Gasteiger partial charge in [-0.1, -0.05) is 66.7 Å². The fourth-order valence-electron chi connectivity index (χ4n) is 4.23. The number of aliphatic imine (C=N–C) groups is 1. The lowest BCUT2D eigenvalue weighted by molar-refractivity contribution is -0.108. The van der Waals surface area contributed by atoms with Crippen molar-refractivity contribution in [3.63, 3.8) is 0 Å². The highest BCUT2D eigenvalue weighted by molar-refractivity contribution is 6.16. The van der Waals surface area contributed by atoms with E-state index in [9.17, 15) is 9.59 Å². The fraction of sp³-hybridized carbons (Fsp3) is 0.115. The summed E-state index contributed by atoms with van der Waals surface area (Å²) in [6.45, 7) is 0.602. The molecule has 1 aliphatic rings. The Morgan fingerprint density at radius 3 is 2.50 bits per heavy atom. The summed E-state index contributed by atoms with van der Waals surface area (Å²) in [7, 11) is 0. The Kier molecular flexibility index (Phi) is 5.25. The molecule has 158 valence electrons. The first-order valence-electron chi connectivity index (χ1n) is 10.5. The van der Waals surface area contributed by atoms with Crippen LogP contribution in [0.5, 0.6) is 0 Å². The van der Waals surface area contributed by atoms with Crippen molar-refractivity contribution in [3.8, 4) is 0 Å². The van der Waals surface area contributed by atoms with E-state index in [2.05, 4.69) is 4.98 Å². The zero-order chi connectivity index (χ0) is 21.9. The molecule has 0 aliphatic carbocycles. The summed E-state index contributed by atoms with van der Waals surface area (Å²) in [6, 6.07) is 27.7. The van der Waals surface area contributed by atoms with Crippen LogP contribution in [0.3, 0.4) is 0 Å². The van der Waals surface area contributed by atoms with E-state index >= 15 is 0 Å². The third-order valence-corrected chi connectivity index (χ3v) is 5.73. The van der Waals surface area contributed by atoms with Gasteiger partial charge in [0.15, 0.2) is 0 Å². The first kappa shape index (κ1) is 19.8. The van der Waals surface area contributed by atoms with E-state index in [1.165, 1.54) is 0 Å². The number of nitrogens with zero attached hydrogens (tertiary/aromatic N) is 3.